The Hall–Kier alpha value is -0.570. The molecular weight excluding hydrogens is 214 g/mol. The monoisotopic (exact) mass is 237 g/mol. The van der Waals surface area contributed by atoms with Gasteiger partial charge in [-0.2, -0.15) is 0 Å². The predicted octanol–water partition coefficient (Wildman–Crippen LogP) is 1.84. The van der Waals surface area contributed by atoms with Crippen molar-refractivity contribution < 1.29 is 9.90 Å². The van der Waals surface area contributed by atoms with Gasteiger partial charge in [0.2, 0.25) is 5.91 Å². The number of rotatable bonds is 3. The second-order valence-electron chi connectivity index (χ2n) is 6.37. The molecule has 3 heteroatoms. The van der Waals surface area contributed by atoms with Gasteiger partial charge < -0.3 is 10.4 Å². The van der Waals surface area contributed by atoms with Gasteiger partial charge in [0.15, 0.2) is 0 Å². The number of nitrogens with one attached hydrogen (secondary N) is 1. The Morgan fingerprint density at radius 2 is 2.00 bits per heavy atom. The normalized spacial score (nSPS) is 44.2. The molecule has 17 heavy (non-hydrogen) atoms. The first-order valence-electron chi connectivity index (χ1n) is 7.18. The molecule has 5 atom stereocenters. The summed E-state index contributed by atoms with van der Waals surface area (Å²) in [5.41, 5.74) is 0. The third-order valence-corrected chi connectivity index (χ3v) is 5.10. The third-order valence-electron chi connectivity index (χ3n) is 5.10. The van der Waals surface area contributed by atoms with Crippen molar-refractivity contribution in [2.24, 2.45) is 17.8 Å². The Labute approximate surface area is 103 Å². The number of aliphatic hydroxyl groups excluding tert-OH is 1. The highest BCUT2D eigenvalue weighted by atomic mass is 16.3. The fourth-order valence-electron chi connectivity index (χ4n) is 4.24. The van der Waals surface area contributed by atoms with Crippen molar-refractivity contribution in [2.45, 2.75) is 63.5 Å². The van der Waals surface area contributed by atoms with Gasteiger partial charge in [-0.05, 0) is 56.3 Å². The number of carbonyl (C=O) groups is 1. The highest BCUT2D eigenvalue weighted by molar-refractivity contribution is 5.76. The van der Waals surface area contributed by atoms with E-state index in [2.05, 4.69) is 5.32 Å². The van der Waals surface area contributed by atoms with E-state index in [-0.39, 0.29) is 18.1 Å². The van der Waals surface area contributed by atoms with Crippen LogP contribution < -0.4 is 5.32 Å². The second kappa shape index (κ2) is 4.60. The maximum absolute atomic E-state index is 11.9. The molecule has 2 bridgehead atoms. The molecule has 0 saturated heterocycles. The zero-order valence-electron chi connectivity index (χ0n) is 10.4. The number of hydrogen-bond donors (Lipinski definition) is 2. The van der Waals surface area contributed by atoms with Gasteiger partial charge in [0, 0.05) is 12.5 Å². The van der Waals surface area contributed by atoms with E-state index >= 15 is 0 Å². The minimum absolute atomic E-state index is 0.192. The number of carbonyl (C=O) groups excluding carboxylic acids is 1. The lowest BCUT2D eigenvalue weighted by Gasteiger charge is -2.22. The Balaban J connectivity index is 1.44. The molecule has 0 unspecified atom stereocenters. The van der Waals surface area contributed by atoms with E-state index in [1.807, 2.05) is 0 Å². The number of amides is 1. The summed E-state index contributed by atoms with van der Waals surface area (Å²) < 4.78 is 0. The van der Waals surface area contributed by atoms with E-state index in [1.54, 1.807) is 0 Å². The fourth-order valence-corrected chi connectivity index (χ4v) is 4.24. The van der Waals surface area contributed by atoms with Gasteiger partial charge >= 0.3 is 0 Å². The van der Waals surface area contributed by atoms with Gasteiger partial charge in [-0.3, -0.25) is 4.79 Å². The van der Waals surface area contributed by atoms with Crippen molar-refractivity contribution >= 4 is 5.91 Å². The summed E-state index contributed by atoms with van der Waals surface area (Å²) in [5, 5.41) is 12.5. The van der Waals surface area contributed by atoms with Crippen LogP contribution in [0, 0.1) is 17.8 Å². The van der Waals surface area contributed by atoms with Crippen molar-refractivity contribution in [1.82, 2.24) is 5.32 Å². The first kappa shape index (κ1) is 11.5. The molecule has 3 rings (SSSR count). The fraction of sp³-hybridized carbons (Fsp3) is 0.929. The third kappa shape index (κ3) is 2.49. The molecule has 3 aliphatic carbocycles. The quantitative estimate of drug-likeness (QED) is 0.787. The summed E-state index contributed by atoms with van der Waals surface area (Å²) in [6.07, 6.45) is 8.50. The largest absolute Gasteiger partial charge is 0.393 e. The predicted molar refractivity (Wildman–Crippen MR) is 65.3 cm³/mol. The summed E-state index contributed by atoms with van der Waals surface area (Å²) in [4.78, 5) is 11.9. The van der Waals surface area contributed by atoms with Gasteiger partial charge in [-0.25, -0.2) is 0 Å². The van der Waals surface area contributed by atoms with E-state index < -0.39 is 0 Å². The summed E-state index contributed by atoms with van der Waals surface area (Å²) in [5.74, 6) is 2.63. The first-order valence-corrected chi connectivity index (χ1v) is 7.18. The SMILES string of the molecule is O=C(C[C@H]1C[C@H]2CC[C@H]1C2)N[C@H]1CC[C@@H](O)C1. The first-order chi connectivity index (χ1) is 8.20. The molecule has 0 heterocycles. The Kier molecular flexibility index (Phi) is 3.12. The van der Waals surface area contributed by atoms with Crippen LogP contribution in [0.2, 0.25) is 0 Å². The average molecular weight is 237 g/mol. The van der Waals surface area contributed by atoms with Crippen LogP contribution in [0.15, 0.2) is 0 Å². The van der Waals surface area contributed by atoms with Crippen LogP contribution in [0.3, 0.4) is 0 Å². The Bertz CT molecular complexity index is 305. The van der Waals surface area contributed by atoms with Gasteiger partial charge in [0.1, 0.15) is 0 Å². The lowest BCUT2D eigenvalue weighted by atomic mass is 9.86. The topological polar surface area (TPSA) is 49.3 Å². The van der Waals surface area contributed by atoms with E-state index in [1.165, 1.54) is 25.7 Å². The smallest absolute Gasteiger partial charge is 0.220 e. The van der Waals surface area contributed by atoms with Crippen molar-refractivity contribution in [2.75, 3.05) is 0 Å². The van der Waals surface area contributed by atoms with Crippen LogP contribution in [-0.2, 0) is 4.79 Å². The minimum Gasteiger partial charge on any atom is -0.393 e. The average Bonchev–Trinajstić information content (AvgIpc) is 2.95. The van der Waals surface area contributed by atoms with Crippen LogP contribution in [0.5, 0.6) is 0 Å². The molecular formula is C14H23NO2. The van der Waals surface area contributed by atoms with Gasteiger partial charge in [-0.1, -0.05) is 6.42 Å². The van der Waals surface area contributed by atoms with Crippen LogP contribution in [0.25, 0.3) is 0 Å². The number of fused-ring (bicyclic) bond motifs is 2. The van der Waals surface area contributed by atoms with E-state index in [4.69, 9.17) is 0 Å². The van der Waals surface area contributed by atoms with E-state index in [9.17, 15) is 9.90 Å². The Morgan fingerprint density at radius 3 is 2.59 bits per heavy atom. The molecule has 96 valence electrons. The summed E-state index contributed by atoms with van der Waals surface area (Å²) >= 11 is 0. The lowest BCUT2D eigenvalue weighted by molar-refractivity contribution is -0.123. The van der Waals surface area contributed by atoms with Crippen LogP contribution in [0.1, 0.15) is 51.4 Å². The van der Waals surface area contributed by atoms with Gasteiger partial charge in [-0.15, -0.1) is 0 Å². The second-order valence-corrected chi connectivity index (χ2v) is 6.37. The standard InChI is InChI=1S/C14H23NO2/c16-13-4-3-12(8-13)15-14(17)7-11-6-9-1-2-10(11)5-9/h9-13,16H,1-8H2,(H,15,17)/t9-,10-,11+,12-,13+/m0/s1. The molecule has 0 aromatic rings. The number of hydrogen-bond acceptors (Lipinski definition) is 2. The van der Waals surface area contributed by atoms with Crippen molar-refractivity contribution in [3.8, 4) is 0 Å². The van der Waals surface area contributed by atoms with Crippen LogP contribution in [0.4, 0.5) is 0 Å². The molecule has 3 aliphatic rings. The highest BCUT2D eigenvalue weighted by Gasteiger charge is 2.40. The van der Waals surface area contributed by atoms with Crippen LogP contribution >= 0.6 is 0 Å². The molecule has 1 amide bonds. The summed E-state index contributed by atoms with van der Waals surface area (Å²) in [6, 6.07) is 0.232. The molecule has 0 aliphatic heterocycles. The summed E-state index contributed by atoms with van der Waals surface area (Å²) in [7, 11) is 0. The molecule has 0 aromatic carbocycles. The zero-order chi connectivity index (χ0) is 11.8. The van der Waals surface area contributed by atoms with Gasteiger partial charge in [0.05, 0.1) is 6.10 Å². The van der Waals surface area contributed by atoms with Gasteiger partial charge in [0.25, 0.3) is 0 Å². The summed E-state index contributed by atoms with van der Waals surface area (Å²) in [6.45, 7) is 0. The lowest BCUT2D eigenvalue weighted by Crippen LogP contribution is -2.35. The zero-order valence-corrected chi connectivity index (χ0v) is 10.4. The minimum atomic E-state index is -0.192. The molecule has 2 N–H and O–H groups in total. The molecule has 3 saturated carbocycles. The van der Waals surface area contributed by atoms with Crippen LogP contribution in [-0.4, -0.2) is 23.2 Å². The molecule has 3 nitrogen and oxygen atoms in total. The van der Waals surface area contributed by atoms with Crippen molar-refractivity contribution in [1.29, 1.82) is 0 Å². The van der Waals surface area contributed by atoms with Crippen molar-refractivity contribution in [3.63, 3.8) is 0 Å². The molecule has 0 spiro atoms. The van der Waals surface area contributed by atoms with Crippen molar-refractivity contribution in [3.05, 3.63) is 0 Å². The molecule has 3 fully saturated rings. The van der Waals surface area contributed by atoms with E-state index in [0.717, 1.165) is 37.5 Å². The molecule has 0 aromatic heterocycles. The number of aliphatic hydroxyl groups is 1. The maximum atomic E-state index is 11.9. The Morgan fingerprint density at radius 1 is 1.12 bits per heavy atom. The van der Waals surface area contributed by atoms with E-state index in [0.29, 0.717) is 5.92 Å². The highest BCUT2D eigenvalue weighted by Crippen LogP contribution is 2.49. The molecule has 0 radical (unpaired) electrons. The maximum Gasteiger partial charge on any atom is 0.220 e.